The number of halogens is 3. The molecule has 0 saturated carbocycles. The Morgan fingerprint density at radius 1 is 1.00 bits per heavy atom. The van der Waals surface area contributed by atoms with Crippen molar-refractivity contribution < 1.29 is 0 Å². The predicted octanol–water partition coefficient (Wildman–Crippen LogP) is 1.04. The SMILES string of the molecule is [Cl][In]([Cl])[Cl].[LiH]. The van der Waals surface area contributed by atoms with Crippen LogP contribution in [0.2, 0.25) is 0 Å². The molecule has 26 valence electrons. The Balaban J connectivity index is 0. The molecule has 0 heterocycles. The second-order valence-corrected chi connectivity index (χ2v) is 14.9. The fourth-order valence-corrected chi connectivity index (χ4v) is 0. The van der Waals surface area contributed by atoms with Crippen LogP contribution in [0, 0.1) is 0 Å². The minimum atomic E-state index is -2.22. The summed E-state index contributed by atoms with van der Waals surface area (Å²) in [5.41, 5.74) is 0. The molecule has 0 aliphatic heterocycles. The number of hydrogen-bond acceptors (Lipinski definition) is 0. The molecule has 0 radical (unpaired) electrons. The zero-order valence-electron chi connectivity index (χ0n) is 1.71. The molecular weight excluding hydrogens is 228 g/mol. The molecule has 0 aliphatic carbocycles. The molecular formula is HCl3InLi. The minimum absolute atomic E-state index is 0. The molecule has 0 rings (SSSR count). The Labute approximate surface area is 61.6 Å². The van der Waals surface area contributed by atoms with Crippen molar-refractivity contribution in [1.29, 1.82) is 0 Å². The molecule has 0 aliphatic rings. The maximum atomic E-state index is 5.02. The van der Waals surface area contributed by atoms with Crippen molar-refractivity contribution in [2.45, 2.75) is 0 Å². The molecule has 0 aromatic rings. The van der Waals surface area contributed by atoms with E-state index < -0.39 is 17.9 Å². The van der Waals surface area contributed by atoms with Gasteiger partial charge in [0.05, 0.1) is 0 Å². The molecule has 0 nitrogen and oxygen atoms in total. The molecule has 0 aromatic carbocycles. The van der Waals surface area contributed by atoms with Crippen molar-refractivity contribution >= 4 is 62.5 Å². The molecule has 0 amide bonds. The van der Waals surface area contributed by atoms with Gasteiger partial charge in [0.1, 0.15) is 0 Å². The zero-order valence-corrected chi connectivity index (χ0v) is 7.27. The van der Waals surface area contributed by atoms with E-state index in [1.807, 2.05) is 0 Å². The quantitative estimate of drug-likeness (QED) is 0.544. The Morgan fingerprint density at radius 3 is 1.00 bits per heavy atom. The molecule has 0 aromatic heterocycles. The van der Waals surface area contributed by atoms with Crippen molar-refractivity contribution in [3.8, 4) is 0 Å². The second kappa shape index (κ2) is 6.34. The van der Waals surface area contributed by atoms with Crippen LogP contribution in [0.5, 0.6) is 0 Å². The van der Waals surface area contributed by atoms with E-state index in [0.29, 0.717) is 0 Å². The molecule has 0 bridgehead atoms. The summed E-state index contributed by atoms with van der Waals surface area (Å²) in [6.45, 7) is 0. The van der Waals surface area contributed by atoms with Crippen molar-refractivity contribution in [1.82, 2.24) is 0 Å². The molecule has 0 unspecified atom stereocenters. The van der Waals surface area contributed by atoms with Crippen LogP contribution in [0.1, 0.15) is 0 Å². The predicted molar refractivity (Wildman–Crippen MR) is 30.5 cm³/mol. The van der Waals surface area contributed by atoms with Gasteiger partial charge < -0.3 is 0 Å². The van der Waals surface area contributed by atoms with E-state index in [9.17, 15) is 0 Å². The maximum absolute atomic E-state index is 5.02. The first-order chi connectivity index (χ1) is 1.73. The van der Waals surface area contributed by atoms with E-state index >= 15 is 0 Å². The van der Waals surface area contributed by atoms with E-state index in [-0.39, 0.29) is 18.9 Å². The summed E-state index contributed by atoms with van der Waals surface area (Å²) in [6.07, 6.45) is 0. The summed E-state index contributed by atoms with van der Waals surface area (Å²) < 4.78 is 0. The van der Waals surface area contributed by atoms with Gasteiger partial charge >= 0.3 is 62.5 Å². The molecule has 0 atom stereocenters. The van der Waals surface area contributed by atoms with E-state index in [4.69, 9.17) is 25.7 Å². The van der Waals surface area contributed by atoms with Gasteiger partial charge in [0, 0.05) is 0 Å². The second-order valence-electron chi connectivity index (χ2n) is 0.247. The van der Waals surface area contributed by atoms with Gasteiger partial charge in [-0.25, -0.2) is 0 Å². The fourth-order valence-electron chi connectivity index (χ4n) is 0. The van der Waals surface area contributed by atoms with Crippen molar-refractivity contribution in [2.75, 3.05) is 0 Å². The van der Waals surface area contributed by atoms with Crippen LogP contribution in [0.3, 0.4) is 0 Å². The van der Waals surface area contributed by atoms with Crippen molar-refractivity contribution in [3.05, 3.63) is 0 Å². The normalized spacial score (nSPS) is 5.40. The third-order valence-corrected chi connectivity index (χ3v) is 0. The van der Waals surface area contributed by atoms with E-state index in [1.54, 1.807) is 0 Å². The van der Waals surface area contributed by atoms with Gasteiger partial charge in [-0.15, -0.1) is 0 Å². The van der Waals surface area contributed by atoms with Crippen LogP contribution in [0.15, 0.2) is 0 Å². The first kappa shape index (κ1) is 10.3. The number of rotatable bonds is 0. The summed E-state index contributed by atoms with van der Waals surface area (Å²) in [6, 6.07) is 0. The summed E-state index contributed by atoms with van der Waals surface area (Å²) in [7, 11) is 15.0. The van der Waals surface area contributed by atoms with Gasteiger partial charge in [-0.2, -0.15) is 0 Å². The Morgan fingerprint density at radius 2 is 1.00 bits per heavy atom. The van der Waals surface area contributed by atoms with Crippen LogP contribution >= 0.6 is 25.7 Å². The Hall–Kier alpha value is 2.34. The van der Waals surface area contributed by atoms with E-state index in [1.165, 1.54) is 0 Å². The van der Waals surface area contributed by atoms with Gasteiger partial charge in [0.25, 0.3) is 0 Å². The zero-order chi connectivity index (χ0) is 3.58. The average Bonchev–Trinajstić information content (AvgIpc) is 0.811. The topological polar surface area (TPSA) is 0 Å². The van der Waals surface area contributed by atoms with Gasteiger partial charge in [0.15, 0.2) is 0 Å². The van der Waals surface area contributed by atoms with Crippen LogP contribution in [0.25, 0.3) is 0 Å². The van der Waals surface area contributed by atoms with E-state index in [0.717, 1.165) is 0 Å². The third kappa shape index (κ3) is 21.8. The first-order valence-corrected chi connectivity index (χ1v) is 13.2. The van der Waals surface area contributed by atoms with Crippen LogP contribution in [-0.4, -0.2) is 36.7 Å². The van der Waals surface area contributed by atoms with Crippen molar-refractivity contribution in [2.24, 2.45) is 0 Å². The first-order valence-electron chi connectivity index (χ1n) is 0.655. The van der Waals surface area contributed by atoms with Gasteiger partial charge in [-0.3, -0.25) is 0 Å². The van der Waals surface area contributed by atoms with Gasteiger partial charge in [-0.1, -0.05) is 0 Å². The van der Waals surface area contributed by atoms with Gasteiger partial charge in [-0.05, 0) is 0 Å². The third-order valence-electron chi connectivity index (χ3n) is 0. The summed E-state index contributed by atoms with van der Waals surface area (Å²) in [4.78, 5) is 0. The van der Waals surface area contributed by atoms with Crippen molar-refractivity contribution in [3.63, 3.8) is 0 Å². The van der Waals surface area contributed by atoms with Crippen LogP contribution in [-0.2, 0) is 0 Å². The van der Waals surface area contributed by atoms with E-state index in [2.05, 4.69) is 0 Å². The molecule has 5 heavy (non-hydrogen) atoms. The van der Waals surface area contributed by atoms with Gasteiger partial charge in [0.2, 0.25) is 0 Å². The average molecular weight is 229 g/mol. The fraction of sp³-hybridized carbons (Fsp3) is 0. The Kier molecular flexibility index (Phi) is 13.1. The summed E-state index contributed by atoms with van der Waals surface area (Å²) in [5.74, 6) is 0. The van der Waals surface area contributed by atoms with Crippen LogP contribution in [0.4, 0.5) is 0 Å². The summed E-state index contributed by atoms with van der Waals surface area (Å²) >= 11 is -2.22. The molecule has 5 heteroatoms. The number of hydrogen-bond donors (Lipinski definition) is 0. The molecule has 0 N–H and O–H groups in total. The summed E-state index contributed by atoms with van der Waals surface area (Å²) in [5, 5.41) is 0. The molecule has 0 fully saturated rings. The molecule has 0 spiro atoms. The Bertz CT molecular complexity index is 11.6. The molecule has 0 saturated heterocycles. The van der Waals surface area contributed by atoms with Crippen LogP contribution < -0.4 is 0 Å². The standard InChI is InChI=1S/3ClH.In.Li.H/h3*1H;;;/q;;;+3;;/p-3. The monoisotopic (exact) mass is 228 g/mol.